The van der Waals surface area contributed by atoms with E-state index in [2.05, 4.69) is 16.0 Å². The standard InChI is InChI=1S/C25H25N3O3/c29-24(18-10-12-21(13-11-18)27-25(30)28-22-14-15-22)26-16-19-6-4-5-7-20(19)17-31-23-8-2-1-3-9-23/h1-13,22H,14-17H2,(H,26,29)(H2,27,28,30). The summed E-state index contributed by atoms with van der Waals surface area (Å²) in [6.07, 6.45) is 2.07. The highest BCUT2D eigenvalue weighted by Crippen LogP contribution is 2.19. The molecule has 0 spiro atoms. The van der Waals surface area contributed by atoms with Gasteiger partial charge in [0.05, 0.1) is 0 Å². The van der Waals surface area contributed by atoms with Gasteiger partial charge in [-0.1, -0.05) is 42.5 Å². The van der Waals surface area contributed by atoms with E-state index in [-0.39, 0.29) is 11.9 Å². The minimum absolute atomic E-state index is 0.173. The van der Waals surface area contributed by atoms with Crippen molar-refractivity contribution in [1.82, 2.24) is 10.6 Å². The maximum atomic E-state index is 12.6. The van der Waals surface area contributed by atoms with E-state index in [1.165, 1.54) is 0 Å². The average molecular weight is 415 g/mol. The first-order valence-electron chi connectivity index (χ1n) is 10.4. The number of nitrogens with one attached hydrogen (secondary N) is 3. The summed E-state index contributed by atoms with van der Waals surface area (Å²) >= 11 is 0. The number of anilines is 1. The Hall–Kier alpha value is -3.80. The quantitative estimate of drug-likeness (QED) is 0.508. The minimum Gasteiger partial charge on any atom is -0.489 e. The molecule has 6 nitrogen and oxygen atoms in total. The van der Waals surface area contributed by atoms with Crippen LogP contribution in [-0.2, 0) is 13.2 Å². The number of hydrogen-bond acceptors (Lipinski definition) is 3. The number of hydrogen-bond donors (Lipinski definition) is 3. The van der Waals surface area contributed by atoms with E-state index in [0.29, 0.717) is 30.4 Å². The Morgan fingerprint density at radius 2 is 1.52 bits per heavy atom. The van der Waals surface area contributed by atoms with Gasteiger partial charge in [-0.3, -0.25) is 4.79 Å². The third-order valence-electron chi connectivity index (χ3n) is 5.01. The fourth-order valence-corrected chi connectivity index (χ4v) is 3.11. The number of benzene rings is 3. The smallest absolute Gasteiger partial charge is 0.319 e. The van der Waals surface area contributed by atoms with Gasteiger partial charge in [-0.05, 0) is 60.4 Å². The summed E-state index contributed by atoms with van der Waals surface area (Å²) in [4.78, 5) is 24.4. The molecule has 0 aliphatic heterocycles. The molecule has 0 saturated heterocycles. The predicted octanol–water partition coefficient (Wildman–Crippen LogP) is 4.48. The van der Waals surface area contributed by atoms with Crippen molar-refractivity contribution in [2.45, 2.75) is 32.0 Å². The van der Waals surface area contributed by atoms with Gasteiger partial charge in [0.25, 0.3) is 5.91 Å². The zero-order chi connectivity index (χ0) is 21.5. The molecule has 0 aromatic heterocycles. The number of carbonyl (C=O) groups excluding carboxylic acids is 2. The average Bonchev–Trinajstić information content (AvgIpc) is 3.61. The molecule has 3 N–H and O–H groups in total. The van der Waals surface area contributed by atoms with Crippen molar-refractivity contribution in [3.05, 3.63) is 95.6 Å². The fourth-order valence-electron chi connectivity index (χ4n) is 3.11. The zero-order valence-corrected chi connectivity index (χ0v) is 17.1. The maximum Gasteiger partial charge on any atom is 0.319 e. The van der Waals surface area contributed by atoms with Crippen LogP contribution in [0, 0.1) is 0 Å². The molecule has 3 aromatic carbocycles. The van der Waals surface area contributed by atoms with Gasteiger partial charge in [-0.2, -0.15) is 0 Å². The van der Waals surface area contributed by atoms with Crippen molar-refractivity contribution in [3.63, 3.8) is 0 Å². The molecule has 1 aliphatic carbocycles. The Labute approximate surface area is 181 Å². The fraction of sp³-hybridized carbons (Fsp3) is 0.200. The number of para-hydroxylation sites is 1. The van der Waals surface area contributed by atoms with E-state index in [9.17, 15) is 9.59 Å². The summed E-state index contributed by atoms with van der Waals surface area (Å²) in [6, 6.07) is 24.5. The minimum atomic E-state index is -0.214. The highest BCUT2D eigenvalue weighted by atomic mass is 16.5. The molecule has 3 amide bonds. The zero-order valence-electron chi connectivity index (χ0n) is 17.1. The molecular formula is C25H25N3O3. The van der Waals surface area contributed by atoms with Crippen LogP contribution in [0.25, 0.3) is 0 Å². The number of ether oxygens (including phenoxy) is 1. The molecule has 4 rings (SSSR count). The lowest BCUT2D eigenvalue weighted by Crippen LogP contribution is -2.30. The molecule has 6 heteroatoms. The Bertz CT molecular complexity index is 1030. The summed E-state index contributed by atoms with van der Waals surface area (Å²) in [7, 11) is 0. The van der Waals surface area contributed by atoms with Crippen LogP contribution in [-0.4, -0.2) is 18.0 Å². The summed E-state index contributed by atoms with van der Waals surface area (Å²) in [5, 5.41) is 8.60. The molecule has 3 aromatic rings. The first kappa shape index (κ1) is 20.5. The summed E-state index contributed by atoms with van der Waals surface area (Å²) in [6.45, 7) is 0.830. The van der Waals surface area contributed by atoms with E-state index < -0.39 is 0 Å². The molecule has 1 fully saturated rings. The van der Waals surface area contributed by atoms with Gasteiger partial charge < -0.3 is 20.7 Å². The topological polar surface area (TPSA) is 79.5 Å². The molecule has 0 unspecified atom stereocenters. The predicted molar refractivity (Wildman–Crippen MR) is 120 cm³/mol. The van der Waals surface area contributed by atoms with Crippen LogP contribution in [0.2, 0.25) is 0 Å². The van der Waals surface area contributed by atoms with Crippen LogP contribution in [0.5, 0.6) is 5.75 Å². The molecule has 158 valence electrons. The highest BCUT2D eigenvalue weighted by Gasteiger charge is 2.23. The number of carbonyl (C=O) groups is 2. The monoisotopic (exact) mass is 415 g/mol. The van der Waals surface area contributed by atoms with Crippen molar-refractivity contribution < 1.29 is 14.3 Å². The summed E-state index contributed by atoms with van der Waals surface area (Å²) in [5.41, 5.74) is 3.21. The second-order valence-corrected chi connectivity index (χ2v) is 7.50. The molecule has 0 radical (unpaired) electrons. The third kappa shape index (κ3) is 6.09. The summed E-state index contributed by atoms with van der Waals surface area (Å²) < 4.78 is 5.84. The van der Waals surface area contributed by atoms with Crippen LogP contribution in [0.4, 0.5) is 10.5 Å². The summed E-state index contributed by atoms with van der Waals surface area (Å²) in [5.74, 6) is 0.633. The van der Waals surface area contributed by atoms with Crippen molar-refractivity contribution in [1.29, 1.82) is 0 Å². The number of amides is 3. The third-order valence-corrected chi connectivity index (χ3v) is 5.01. The molecule has 0 bridgehead atoms. The van der Waals surface area contributed by atoms with Gasteiger partial charge in [-0.25, -0.2) is 4.79 Å². The number of rotatable bonds is 8. The number of urea groups is 1. The molecular weight excluding hydrogens is 390 g/mol. The van der Waals surface area contributed by atoms with E-state index in [1.807, 2.05) is 54.6 Å². The van der Waals surface area contributed by atoms with Gasteiger partial charge in [0.15, 0.2) is 0 Å². The van der Waals surface area contributed by atoms with Crippen molar-refractivity contribution >= 4 is 17.6 Å². The van der Waals surface area contributed by atoms with Crippen LogP contribution in [0.15, 0.2) is 78.9 Å². The van der Waals surface area contributed by atoms with Gasteiger partial charge in [0.2, 0.25) is 0 Å². The van der Waals surface area contributed by atoms with Crippen LogP contribution in [0.1, 0.15) is 34.3 Å². The van der Waals surface area contributed by atoms with Gasteiger partial charge in [0.1, 0.15) is 12.4 Å². The van der Waals surface area contributed by atoms with Crippen molar-refractivity contribution in [3.8, 4) is 5.75 Å². The highest BCUT2D eigenvalue weighted by molar-refractivity contribution is 5.95. The second kappa shape index (κ2) is 9.80. The van der Waals surface area contributed by atoms with Crippen molar-refractivity contribution in [2.24, 2.45) is 0 Å². The largest absolute Gasteiger partial charge is 0.489 e. The second-order valence-electron chi connectivity index (χ2n) is 7.50. The van der Waals surface area contributed by atoms with E-state index >= 15 is 0 Å². The Kier molecular flexibility index (Phi) is 6.47. The van der Waals surface area contributed by atoms with Crippen LogP contribution < -0.4 is 20.7 Å². The van der Waals surface area contributed by atoms with E-state index in [1.54, 1.807) is 24.3 Å². The first-order chi connectivity index (χ1) is 15.2. The lowest BCUT2D eigenvalue weighted by molar-refractivity contribution is 0.0950. The van der Waals surface area contributed by atoms with Gasteiger partial charge in [0, 0.05) is 23.8 Å². The molecule has 1 saturated carbocycles. The molecule has 0 heterocycles. The SMILES string of the molecule is O=C(Nc1ccc(C(=O)NCc2ccccc2COc2ccccc2)cc1)NC1CC1. The van der Waals surface area contributed by atoms with Crippen molar-refractivity contribution in [2.75, 3.05) is 5.32 Å². The molecule has 31 heavy (non-hydrogen) atoms. The first-order valence-corrected chi connectivity index (χ1v) is 10.4. The lowest BCUT2D eigenvalue weighted by atomic mass is 10.1. The van der Waals surface area contributed by atoms with Crippen LogP contribution in [0.3, 0.4) is 0 Å². The normalized spacial score (nSPS) is 12.6. The van der Waals surface area contributed by atoms with Gasteiger partial charge in [-0.15, -0.1) is 0 Å². The molecule has 0 atom stereocenters. The maximum absolute atomic E-state index is 12.6. The van der Waals surface area contributed by atoms with Crippen LogP contribution >= 0.6 is 0 Å². The Morgan fingerprint density at radius 1 is 0.839 bits per heavy atom. The van der Waals surface area contributed by atoms with Gasteiger partial charge >= 0.3 is 6.03 Å². The Balaban J connectivity index is 1.30. The van der Waals surface area contributed by atoms with E-state index in [4.69, 9.17) is 4.74 Å². The Morgan fingerprint density at radius 3 is 2.23 bits per heavy atom. The van der Waals surface area contributed by atoms with E-state index in [0.717, 1.165) is 29.7 Å². The lowest BCUT2D eigenvalue weighted by Gasteiger charge is -2.12. The molecule has 1 aliphatic rings.